The number of nitrogens with one attached hydrogen (secondary N) is 1. The van der Waals surface area contributed by atoms with Gasteiger partial charge in [0, 0.05) is 24.2 Å². The van der Waals surface area contributed by atoms with Crippen LogP contribution in [-0.2, 0) is 11.3 Å². The molecule has 0 fully saturated rings. The zero-order chi connectivity index (χ0) is 23.1. The van der Waals surface area contributed by atoms with E-state index in [1.165, 1.54) is 36.4 Å². The van der Waals surface area contributed by atoms with Crippen LogP contribution in [0.15, 0.2) is 59.4 Å². The molecular formula is C23H24FN3O5. The van der Waals surface area contributed by atoms with Gasteiger partial charge >= 0.3 is 0 Å². The number of carbonyl (C=O) groups is 1. The number of hydrogen-bond acceptors (Lipinski definition) is 6. The lowest BCUT2D eigenvalue weighted by Crippen LogP contribution is -2.38. The first-order valence-corrected chi connectivity index (χ1v) is 9.96. The van der Waals surface area contributed by atoms with Crippen LogP contribution in [0.4, 0.5) is 4.39 Å². The van der Waals surface area contributed by atoms with Crippen LogP contribution in [0, 0.1) is 5.82 Å². The van der Waals surface area contributed by atoms with Crippen molar-refractivity contribution in [3.63, 3.8) is 0 Å². The summed E-state index contributed by atoms with van der Waals surface area (Å²) in [6, 6.07) is 13.3. The summed E-state index contributed by atoms with van der Waals surface area (Å²) in [5, 5.41) is 6.98. The second kappa shape index (κ2) is 10.4. The Labute approximate surface area is 184 Å². The summed E-state index contributed by atoms with van der Waals surface area (Å²) >= 11 is 0. The number of carbonyl (C=O) groups excluding carboxylic acids is 1. The van der Waals surface area contributed by atoms with Gasteiger partial charge in [-0.25, -0.2) is 4.39 Å². The van der Waals surface area contributed by atoms with E-state index in [2.05, 4.69) is 10.4 Å². The average molecular weight is 441 g/mol. The predicted octanol–water partition coefficient (Wildman–Crippen LogP) is 2.86. The number of methoxy groups -OCH3 is 2. The van der Waals surface area contributed by atoms with Gasteiger partial charge in [-0.3, -0.25) is 9.59 Å². The molecule has 0 saturated heterocycles. The second-order valence-corrected chi connectivity index (χ2v) is 6.81. The van der Waals surface area contributed by atoms with Gasteiger partial charge in [0.15, 0.2) is 6.10 Å². The van der Waals surface area contributed by atoms with E-state index in [1.807, 2.05) is 0 Å². The van der Waals surface area contributed by atoms with E-state index >= 15 is 0 Å². The highest BCUT2D eigenvalue weighted by Crippen LogP contribution is 2.23. The zero-order valence-electron chi connectivity index (χ0n) is 18.0. The number of aromatic nitrogens is 2. The molecule has 0 bridgehead atoms. The number of amides is 1. The van der Waals surface area contributed by atoms with Crippen LogP contribution >= 0.6 is 0 Å². The van der Waals surface area contributed by atoms with Gasteiger partial charge < -0.3 is 19.5 Å². The van der Waals surface area contributed by atoms with Gasteiger partial charge in [-0.2, -0.15) is 4.68 Å². The summed E-state index contributed by atoms with van der Waals surface area (Å²) in [6.07, 6.45) is -0.461. The molecule has 1 atom stereocenters. The molecule has 3 rings (SSSR count). The van der Waals surface area contributed by atoms with Crippen molar-refractivity contribution in [3.05, 3.63) is 76.3 Å². The topological polar surface area (TPSA) is 91.7 Å². The van der Waals surface area contributed by atoms with Crippen LogP contribution in [0.1, 0.15) is 18.9 Å². The molecule has 1 aromatic heterocycles. The Morgan fingerprint density at radius 2 is 1.84 bits per heavy atom. The van der Waals surface area contributed by atoms with Gasteiger partial charge in [-0.05, 0) is 48.9 Å². The molecule has 0 unspecified atom stereocenters. The summed E-state index contributed by atoms with van der Waals surface area (Å²) in [5.41, 5.74) is 0.717. The lowest BCUT2D eigenvalue weighted by atomic mass is 10.1. The number of nitrogens with zero attached hydrogens (tertiary/aromatic N) is 2. The van der Waals surface area contributed by atoms with Crippen molar-refractivity contribution < 1.29 is 23.4 Å². The molecule has 3 aromatic rings. The SMILES string of the molecule is CC[C@H](Oc1ccc(=O)n(-c2ccc(F)cc2)n1)C(=O)NCc1cc(OC)ccc1OC. The monoisotopic (exact) mass is 441 g/mol. The smallest absolute Gasteiger partial charge is 0.271 e. The number of rotatable bonds is 9. The molecule has 9 heteroatoms. The Kier molecular flexibility index (Phi) is 7.43. The van der Waals surface area contributed by atoms with E-state index in [-0.39, 0.29) is 18.3 Å². The van der Waals surface area contributed by atoms with Crippen molar-refractivity contribution in [3.8, 4) is 23.1 Å². The minimum atomic E-state index is -0.835. The van der Waals surface area contributed by atoms with Crippen molar-refractivity contribution in [2.75, 3.05) is 14.2 Å². The van der Waals surface area contributed by atoms with Gasteiger partial charge in [0.2, 0.25) is 5.88 Å². The van der Waals surface area contributed by atoms with Crippen LogP contribution < -0.4 is 25.1 Å². The first-order valence-electron chi connectivity index (χ1n) is 9.96. The highest BCUT2D eigenvalue weighted by Gasteiger charge is 2.20. The third-order valence-corrected chi connectivity index (χ3v) is 4.71. The van der Waals surface area contributed by atoms with Crippen molar-refractivity contribution in [1.29, 1.82) is 0 Å². The van der Waals surface area contributed by atoms with Crippen molar-refractivity contribution in [2.45, 2.75) is 26.0 Å². The molecule has 2 aromatic carbocycles. The van der Waals surface area contributed by atoms with Crippen LogP contribution in [0.5, 0.6) is 17.4 Å². The minimum absolute atomic E-state index is 0.0925. The molecule has 1 amide bonds. The minimum Gasteiger partial charge on any atom is -0.497 e. The van der Waals surface area contributed by atoms with Gasteiger partial charge in [0.25, 0.3) is 11.5 Å². The second-order valence-electron chi connectivity index (χ2n) is 6.81. The molecule has 0 aliphatic rings. The first kappa shape index (κ1) is 22.8. The molecule has 0 radical (unpaired) electrons. The molecule has 0 aliphatic heterocycles. The Morgan fingerprint density at radius 1 is 1.09 bits per heavy atom. The molecule has 0 spiro atoms. The van der Waals surface area contributed by atoms with Crippen LogP contribution in [0.25, 0.3) is 5.69 Å². The van der Waals surface area contributed by atoms with Gasteiger partial charge in [-0.1, -0.05) is 6.92 Å². The summed E-state index contributed by atoms with van der Waals surface area (Å²) in [4.78, 5) is 24.9. The normalized spacial score (nSPS) is 11.5. The molecule has 32 heavy (non-hydrogen) atoms. The predicted molar refractivity (Wildman–Crippen MR) is 116 cm³/mol. The Hall–Kier alpha value is -3.88. The van der Waals surface area contributed by atoms with Crippen LogP contribution in [0.2, 0.25) is 0 Å². The maximum Gasteiger partial charge on any atom is 0.271 e. The largest absolute Gasteiger partial charge is 0.497 e. The Bertz CT molecular complexity index is 1130. The fourth-order valence-corrected chi connectivity index (χ4v) is 3.01. The lowest BCUT2D eigenvalue weighted by Gasteiger charge is -2.18. The quantitative estimate of drug-likeness (QED) is 0.549. The number of benzene rings is 2. The van der Waals surface area contributed by atoms with E-state index in [9.17, 15) is 14.0 Å². The van der Waals surface area contributed by atoms with Crippen LogP contribution in [-0.4, -0.2) is 36.0 Å². The number of hydrogen-bond donors (Lipinski definition) is 1. The van der Waals surface area contributed by atoms with Gasteiger partial charge in [0.05, 0.1) is 19.9 Å². The van der Waals surface area contributed by atoms with Crippen molar-refractivity contribution in [2.24, 2.45) is 0 Å². The molecule has 1 N–H and O–H groups in total. The van der Waals surface area contributed by atoms with E-state index in [1.54, 1.807) is 39.3 Å². The maximum atomic E-state index is 13.2. The Balaban J connectivity index is 1.72. The Morgan fingerprint density at radius 3 is 2.50 bits per heavy atom. The van der Waals surface area contributed by atoms with E-state index in [0.29, 0.717) is 23.6 Å². The molecule has 168 valence electrons. The number of halogens is 1. The molecule has 1 heterocycles. The first-order chi connectivity index (χ1) is 15.4. The summed E-state index contributed by atoms with van der Waals surface area (Å²) in [5.74, 6) is 0.580. The fourth-order valence-electron chi connectivity index (χ4n) is 3.01. The average Bonchev–Trinajstić information content (AvgIpc) is 2.82. The highest BCUT2D eigenvalue weighted by molar-refractivity contribution is 5.81. The van der Waals surface area contributed by atoms with Gasteiger partial charge in [-0.15, -0.1) is 5.10 Å². The highest BCUT2D eigenvalue weighted by atomic mass is 19.1. The molecule has 8 nitrogen and oxygen atoms in total. The summed E-state index contributed by atoms with van der Waals surface area (Å²) in [6.45, 7) is 2.01. The molecular weight excluding hydrogens is 417 g/mol. The van der Waals surface area contributed by atoms with E-state index < -0.39 is 17.5 Å². The standard InChI is InChI=1S/C23H24FN3O5/c1-4-19(23(29)25-14-15-13-18(30-2)9-10-20(15)31-3)32-21-11-12-22(28)27(26-21)17-7-5-16(24)6-8-17/h5-13,19H,4,14H2,1-3H3,(H,25,29)/t19-/m0/s1. The number of ether oxygens (including phenoxy) is 3. The van der Waals surface area contributed by atoms with Crippen molar-refractivity contribution >= 4 is 5.91 Å². The van der Waals surface area contributed by atoms with E-state index in [0.717, 1.165) is 10.2 Å². The molecule has 0 saturated carbocycles. The van der Waals surface area contributed by atoms with Crippen LogP contribution in [0.3, 0.4) is 0 Å². The summed E-state index contributed by atoms with van der Waals surface area (Å²) in [7, 11) is 3.11. The fraction of sp³-hybridized carbons (Fsp3) is 0.261. The maximum absolute atomic E-state index is 13.2. The van der Waals surface area contributed by atoms with E-state index in [4.69, 9.17) is 14.2 Å². The zero-order valence-corrected chi connectivity index (χ0v) is 18.0. The summed E-state index contributed by atoms with van der Waals surface area (Å²) < 4.78 is 30.6. The third-order valence-electron chi connectivity index (χ3n) is 4.71. The molecule has 0 aliphatic carbocycles. The lowest BCUT2D eigenvalue weighted by molar-refractivity contribution is -0.128. The van der Waals surface area contributed by atoms with Crippen molar-refractivity contribution in [1.82, 2.24) is 15.1 Å². The van der Waals surface area contributed by atoms with Gasteiger partial charge in [0.1, 0.15) is 17.3 Å². The third kappa shape index (κ3) is 5.42.